The van der Waals surface area contributed by atoms with Crippen molar-refractivity contribution in [1.82, 2.24) is 5.32 Å². The third-order valence-corrected chi connectivity index (χ3v) is 4.31. The summed E-state index contributed by atoms with van der Waals surface area (Å²) >= 11 is 0. The second-order valence-electron chi connectivity index (χ2n) is 6.30. The number of fused-ring (bicyclic) bond motifs is 1. The number of benzene rings is 2. The number of hydrogen-bond acceptors (Lipinski definition) is 2. The Bertz CT molecular complexity index is 697. The van der Waals surface area contributed by atoms with Gasteiger partial charge in [0.15, 0.2) is 0 Å². The lowest BCUT2D eigenvalue weighted by Gasteiger charge is -2.23. The average Bonchev–Trinajstić information content (AvgIpc) is 2.92. The van der Waals surface area contributed by atoms with Gasteiger partial charge in [0, 0.05) is 18.3 Å². The highest BCUT2D eigenvalue weighted by molar-refractivity contribution is 5.94. The van der Waals surface area contributed by atoms with Crippen LogP contribution >= 0.6 is 0 Å². The number of urea groups is 1. The van der Waals surface area contributed by atoms with Crippen molar-refractivity contribution in [3.8, 4) is 5.75 Å². The molecule has 2 amide bonds. The van der Waals surface area contributed by atoms with Crippen LogP contribution in [0.2, 0.25) is 0 Å². The fourth-order valence-electron chi connectivity index (χ4n) is 3.05. The Labute approximate surface area is 143 Å². The molecule has 4 heteroatoms. The topological polar surface area (TPSA) is 41.6 Å². The lowest BCUT2D eigenvalue weighted by atomic mass is 10.1. The number of nitrogens with zero attached hydrogens (tertiary/aromatic N) is 1. The zero-order valence-corrected chi connectivity index (χ0v) is 14.3. The van der Waals surface area contributed by atoms with E-state index < -0.39 is 0 Å². The predicted octanol–water partition coefficient (Wildman–Crippen LogP) is 3.92. The molecular formula is C20H24N2O2. The van der Waals surface area contributed by atoms with Gasteiger partial charge < -0.3 is 10.1 Å². The number of carbonyl (C=O) groups is 1. The number of aryl methyl sites for hydroxylation is 1. The van der Waals surface area contributed by atoms with Gasteiger partial charge >= 0.3 is 6.03 Å². The highest BCUT2D eigenvalue weighted by atomic mass is 16.5. The number of carbonyl (C=O) groups excluding carboxylic acids is 1. The van der Waals surface area contributed by atoms with E-state index in [-0.39, 0.29) is 12.1 Å². The first-order chi connectivity index (χ1) is 11.6. The van der Waals surface area contributed by atoms with Crippen LogP contribution in [0.3, 0.4) is 0 Å². The number of ether oxygens (including phenoxy) is 1. The van der Waals surface area contributed by atoms with Gasteiger partial charge in [0.2, 0.25) is 0 Å². The highest BCUT2D eigenvalue weighted by Gasteiger charge is 2.30. The molecule has 24 heavy (non-hydrogen) atoms. The van der Waals surface area contributed by atoms with E-state index in [0.717, 1.165) is 24.3 Å². The van der Waals surface area contributed by atoms with Crippen LogP contribution in [0.1, 0.15) is 24.5 Å². The molecule has 4 nitrogen and oxygen atoms in total. The van der Waals surface area contributed by atoms with Crippen molar-refractivity contribution < 1.29 is 9.53 Å². The number of hydrogen-bond donors (Lipinski definition) is 1. The molecule has 0 aliphatic carbocycles. The minimum atomic E-state index is -0.0252. The second-order valence-corrected chi connectivity index (χ2v) is 6.30. The molecule has 2 aromatic carbocycles. The molecule has 1 N–H and O–H groups in total. The summed E-state index contributed by atoms with van der Waals surface area (Å²) in [7, 11) is 0. The summed E-state index contributed by atoms with van der Waals surface area (Å²) in [4.78, 5) is 14.3. The summed E-state index contributed by atoms with van der Waals surface area (Å²) in [5.74, 6) is 0.869. The monoisotopic (exact) mass is 324 g/mol. The van der Waals surface area contributed by atoms with Crippen molar-refractivity contribution in [3.63, 3.8) is 0 Å². The van der Waals surface area contributed by atoms with Crippen LogP contribution in [0, 0.1) is 6.92 Å². The van der Waals surface area contributed by atoms with Gasteiger partial charge in [0.1, 0.15) is 5.75 Å². The van der Waals surface area contributed by atoms with E-state index >= 15 is 0 Å². The van der Waals surface area contributed by atoms with Crippen molar-refractivity contribution in [2.24, 2.45) is 0 Å². The van der Waals surface area contributed by atoms with Crippen LogP contribution in [0.15, 0.2) is 48.5 Å². The summed E-state index contributed by atoms with van der Waals surface area (Å²) in [5, 5.41) is 3.00. The van der Waals surface area contributed by atoms with Gasteiger partial charge in [-0.1, -0.05) is 35.9 Å². The van der Waals surface area contributed by atoms with Gasteiger partial charge in [-0.15, -0.1) is 0 Å². The van der Waals surface area contributed by atoms with E-state index in [0.29, 0.717) is 13.2 Å². The van der Waals surface area contributed by atoms with E-state index in [9.17, 15) is 4.79 Å². The fraction of sp³-hybridized carbons (Fsp3) is 0.350. The third kappa shape index (κ3) is 3.70. The predicted molar refractivity (Wildman–Crippen MR) is 96.8 cm³/mol. The van der Waals surface area contributed by atoms with E-state index in [1.165, 1.54) is 11.1 Å². The van der Waals surface area contributed by atoms with E-state index in [1.807, 2.05) is 47.4 Å². The molecule has 1 aliphatic rings. The Morgan fingerprint density at radius 3 is 2.75 bits per heavy atom. The number of anilines is 1. The molecule has 0 radical (unpaired) electrons. The van der Waals surface area contributed by atoms with Crippen LogP contribution in [0.5, 0.6) is 5.75 Å². The van der Waals surface area contributed by atoms with Gasteiger partial charge in [-0.05, 0) is 50.5 Å². The van der Waals surface area contributed by atoms with Crippen molar-refractivity contribution >= 4 is 11.7 Å². The largest absolute Gasteiger partial charge is 0.494 e. The maximum Gasteiger partial charge on any atom is 0.322 e. The van der Waals surface area contributed by atoms with Crippen molar-refractivity contribution in [3.05, 3.63) is 59.7 Å². The zero-order valence-electron chi connectivity index (χ0n) is 14.3. The number of para-hydroxylation sites is 1. The number of nitrogens with one attached hydrogen (secondary N) is 1. The third-order valence-electron chi connectivity index (χ3n) is 4.31. The molecule has 0 bridgehead atoms. The first kappa shape index (κ1) is 16.4. The zero-order chi connectivity index (χ0) is 16.9. The quantitative estimate of drug-likeness (QED) is 0.847. The molecule has 126 valence electrons. The molecule has 3 rings (SSSR count). The van der Waals surface area contributed by atoms with Crippen LogP contribution in [-0.4, -0.2) is 25.2 Å². The van der Waals surface area contributed by atoms with Crippen molar-refractivity contribution in [1.29, 1.82) is 0 Å². The minimum absolute atomic E-state index is 0.0252. The normalized spacial score (nSPS) is 15.9. The molecule has 0 spiro atoms. The smallest absolute Gasteiger partial charge is 0.322 e. The lowest BCUT2D eigenvalue weighted by Crippen LogP contribution is -2.43. The standard InChI is InChI=1S/C20H24N2O2/c1-15-8-10-18(11-9-15)24-13-5-12-21-20(23)22-16(2)14-17-6-3-4-7-19(17)22/h3-4,6-11,16H,5,12-14H2,1-2H3,(H,21,23). The molecule has 0 aromatic heterocycles. The van der Waals surface area contributed by atoms with Gasteiger partial charge in [0.25, 0.3) is 0 Å². The summed E-state index contributed by atoms with van der Waals surface area (Å²) in [5.41, 5.74) is 3.48. The molecule has 0 saturated heterocycles. The SMILES string of the molecule is Cc1ccc(OCCCNC(=O)N2c3ccccc3CC2C)cc1. The van der Waals surface area contributed by atoms with Crippen LogP contribution < -0.4 is 15.0 Å². The Kier molecular flexibility index (Phi) is 5.04. The highest BCUT2D eigenvalue weighted by Crippen LogP contribution is 2.31. The molecule has 0 fully saturated rings. The fourth-order valence-corrected chi connectivity index (χ4v) is 3.05. The van der Waals surface area contributed by atoms with Gasteiger partial charge in [-0.3, -0.25) is 4.90 Å². The Morgan fingerprint density at radius 2 is 1.96 bits per heavy atom. The summed E-state index contributed by atoms with van der Waals surface area (Å²) in [6.45, 7) is 5.34. The van der Waals surface area contributed by atoms with Gasteiger partial charge in [-0.25, -0.2) is 4.79 Å². The minimum Gasteiger partial charge on any atom is -0.494 e. The number of amides is 2. The van der Waals surface area contributed by atoms with Crippen LogP contribution in [0.4, 0.5) is 10.5 Å². The van der Waals surface area contributed by atoms with Crippen molar-refractivity contribution in [2.75, 3.05) is 18.1 Å². The summed E-state index contributed by atoms with van der Waals surface area (Å²) in [6.07, 6.45) is 1.70. The number of rotatable bonds is 5. The molecular weight excluding hydrogens is 300 g/mol. The Balaban J connectivity index is 1.44. The second kappa shape index (κ2) is 7.39. The first-order valence-corrected chi connectivity index (χ1v) is 8.49. The van der Waals surface area contributed by atoms with Gasteiger partial charge in [-0.2, -0.15) is 0 Å². The molecule has 1 heterocycles. The molecule has 0 saturated carbocycles. The lowest BCUT2D eigenvalue weighted by molar-refractivity contribution is 0.243. The summed E-state index contributed by atoms with van der Waals surface area (Å²) < 4.78 is 5.68. The Hall–Kier alpha value is -2.49. The molecule has 2 aromatic rings. The molecule has 1 aliphatic heterocycles. The Morgan fingerprint density at radius 1 is 1.21 bits per heavy atom. The molecule has 1 atom stereocenters. The average molecular weight is 324 g/mol. The van der Waals surface area contributed by atoms with Crippen LogP contribution in [0.25, 0.3) is 0 Å². The maximum atomic E-state index is 12.5. The summed E-state index contributed by atoms with van der Waals surface area (Å²) in [6, 6.07) is 16.3. The van der Waals surface area contributed by atoms with Crippen molar-refractivity contribution in [2.45, 2.75) is 32.7 Å². The molecule has 1 unspecified atom stereocenters. The first-order valence-electron chi connectivity index (χ1n) is 8.49. The van der Waals surface area contributed by atoms with E-state index in [4.69, 9.17) is 4.74 Å². The van der Waals surface area contributed by atoms with E-state index in [1.54, 1.807) is 0 Å². The van der Waals surface area contributed by atoms with Gasteiger partial charge in [0.05, 0.1) is 6.61 Å². The van der Waals surface area contributed by atoms with Crippen LogP contribution in [-0.2, 0) is 6.42 Å². The van der Waals surface area contributed by atoms with E-state index in [2.05, 4.69) is 25.2 Å². The maximum absolute atomic E-state index is 12.5.